The number of hydrogen-bond donors (Lipinski definition) is 1. The molecule has 0 heterocycles. The Bertz CT molecular complexity index is 742. The van der Waals surface area contributed by atoms with Gasteiger partial charge in [-0.05, 0) is 44.7 Å². The van der Waals surface area contributed by atoms with Crippen LogP contribution < -0.4 is 9.61 Å². The van der Waals surface area contributed by atoms with E-state index in [0.717, 1.165) is 25.7 Å². The second kappa shape index (κ2) is 23.7. The molecule has 0 aliphatic carbocycles. The van der Waals surface area contributed by atoms with Gasteiger partial charge in [0.25, 0.3) is 0 Å². The Morgan fingerprint density at radius 2 is 1.15 bits per heavy atom. The Morgan fingerprint density at radius 3 is 1.59 bits per heavy atom. The maximum absolute atomic E-state index is 12.9. The minimum atomic E-state index is -3.74. The molecule has 0 radical (unpaired) electrons. The number of carbonyl (C=O) groups is 1. The van der Waals surface area contributed by atoms with Crippen LogP contribution in [0.2, 0.25) is 0 Å². The predicted molar refractivity (Wildman–Crippen MR) is 167 cm³/mol. The standard InChI is InChI=1S/C32H57ClNO4P/c1-4-6-8-10-12-14-16-18-21-25-30(26-22-19-17-15-13-11-9-7-5-2)37-32(35)29(3)34-39(33,36)38-31-27-23-20-24-28-31/h20,23-24,27-30H,4-19,21-22,25-26H2,1-3H3,(H,34,36)/t29-,39?/m0/s1. The van der Waals surface area contributed by atoms with Crippen molar-refractivity contribution in [2.75, 3.05) is 0 Å². The largest absolute Gasteiger partial charge is 0.461 e. The third kappa shape index (κ3) is 20.5. The van der Waals surface area contributed by atoms with Crippen molar-refractivity contribution in [3.05, 3.63) is 30.3 Å². The first-order chi connectivity index (χ1) is 18.9. The Hall–Kier alpha value is -1.03. The molecule has 1 N–H and O–H groups in total. The van der Waals surface area contributed by atoms with Crippen LogP contribution in [-0.4, -0.2) is 18.1 Å². The Morgan fingerprint density at radius 1 is 0.744 bits per heavy atom. The molecular formula is C32H57ClNO4P. The molecule has 0 spiro atoms. The highest BCUT2D eigenvalue weighted by Crippen LogP contribution is 2.48. The van der Waals surface area contributed by atoms with Crippen LogP contribution in [0.4, 0.5) is 0 Å². The molecule has 1 unspecified atom stereocenters. The van der Waals surface area contributed by atoms with Gasteiger partial charge in [-0.25, -0.2) is 9.65 Å². The highest BCUT2D eigenvalue weighted by atomic mass is 35.7. The van der Waals surface area contributed by atoms with Gasteiger partial charge in [0.2, 0.25) is 0 Å². The van der Waals surface area contributed by atoms with Gasteiger partial charge in [0.15, 0.2) is 0 Å². The Kier molecular flexibility index (Phi) is 21.8. The Balaban J connectivity index is 2.44. The number of unbranched alkanes of at least 4 members (excludes halogenated alkanes) is 16. The molecule has 0 aliphatic heterocycles. The fourth-order valence-electron chi connectivity index (χ4n) is 4.82. The maximum atomic E-state index is 12.9. The van der Waals surface area contributed by atoms with Crippen molar-refractivity contribution < 1.29 is 18.6 Å². The van der Waals surface area contributed by atoms with E-state index in [9.17, 15) is 9.36 Å². The SMILES string of the molecule is CCCCCCCCCCCC(CCCCCCCCCCC)OC(=O)[C@H](C)NP(=O)(Cl)Oc1ccccc1. The van der Waals surface area contributed by atoms with E-state index in [1.165, 1.54) is 103 Å². The number of hydrogen-bond acceptors (Lipinski definition) is 4. The lowest BCUT2D eigenvalue weighted by Gasteiger charge is -2.22. The van der Waals surface area contributed by atoms with Crippen molar-refractivity contribution in [2.45, 2.75) is 161 Å². The van der Waals surface area contributed by atoms with Gasteiger partial charge in [0.1, 0.15) is 17.9 Å². The maximum Gasteiger partial charge on any atom is 0.409 e. The number of halogens is 1. The number of carbonyl (C=O) groups excluding carboxylic acids is 1. The Labute approximate surface area is 244 Å². The minimum absolute atomic E-state index is 0.111. The highest BCUT2D eigenvalue weighted by molar-refractivity contribution is 7.84. The van der Waals surface area contributed by atoms with Gasteiger partial charge in [0, 0.05) is 11.2 Å². The summed E-state index contributed by atoms with van der Waals surface area (Å²) in [6.07, 6.45) is 24.5. The molecule has 0 aromatic heterocycles. The van der Waals surface area contributed by atoms with E-state index in [0.29, 0.717) is 5.75 Å². The predicted octanol–water partition coefficient (Wildman–Crippen LogP) is 11.1. The first-order valence-electron chi connectivity index (χ1n) is 15.9. The third-order valence-electron chi connectivity index (χ3n) is 7.21. The molecule has 0 amide bonds. The highest BCUT2D eigenvalue weighted by Gasteiger charge is 2.29. The second-order valence-corrected chi connectivity index (χ2v) is 13.8. The topological polar surface area (TPSA) is 64.6 Å². The van der Waals surface area contributed by atoms with E-state index >= 15 is 0 Å². The number of rotatable bonds is 26. The summed E-state index contributed by atoms with van der Waals surface area (Å²) in [6.45, 7) is 2.39. The van der Waals surface area contributed by atoms with Crippen molar-refractivity contribution in [1.29, 1.82) is 0 Å². The van der Waals surface area contributed by atoms with E-state index in [2.05, 4.69) is 18.9 Å². The van der Waals surface area contributed by atoms with Crippen molar-refractivity contribution in [2.24, 2.45) is 0 Å². The summed E-state index contributed by atoms with van der Waals surface area (Å²) in [6, 6.07) is 7.89. The number of esters is 1. The van der Waals surface area contributed by atoms with E-state index in [1.54, 1.807) is 31.2 Å². The zero-order valence-electron chi connectivity index (χ0n) is 25.1. The molecule has 0 fully saturated rings. The first kappa shape index (κ1) is 36.0. The molecule has 0 bridgehead atoms. The summed E-state index contributed by atoms with van der Waals surface area (Å²) in [5.74, 6) is -0.0399. The molecule has 0 saturated heterocycles. The smallest absolute Gasteiger partial charge is 0.409 e. The number of para-hydroxylation sites is 1. The van der Waals surface area contributed by atoms with E-state index in [4.69, 9.17) is 20.5 Å². The summed E-state index contributed by atoms with van der Waals surface area (Å²) in [4.78, 5) is 12.9. The summed E-state index contributed by atoms with van der Waals surface area (Å²) in [5, 5.41) is 2.64. The molecule has 5 nitrogen and oxygen atoms in total. The van der Waals surface area contributed by atoms with Gasteiger partial charge in [-0.3, -0.25) is 4.79 Å². The monoisotopic (exact) mass is 585 g/mol. The average Bonchev–Trinajstić information content (AvgIpc) is 2.90. The molecule has 7 heteroatoms. The van der Waals surface area contributed by atoms with Crippen LogP contribution in [0, 0.1) is 0 Å². The van der Waals surface area contributed by atoms with Crippen LogP contribution in [0.1, 0.15) is 149 Å². The van der Waals surface area contributed by atoms with Crippen LogP contribution in [0.25, 0.3) is 0 Å². The van der Waals surface area contributed by atoms with Gasteiger partial charge in [-0.15, -0.1) is 0 Å². The van der Waals surface area contributed by atoms with Crippen LogP contribution in [0.3, 0.4) is 0 Å². The van der Waals surface area contributed by atoms with E-state index in [-0.39, 0.29) is 6.10 Å². The zero-order valence-corrected chi connectivity index (χ0v) is 26.8. The van der Waals surface area contributed by atoms with Gasteiger partial charge < -0.3 is 9.26 Å². The van der Waals surface area contributed by atoms with Gasteiger partial charge >= 0.3 is 12.8 Å². The fraction of sp³-hybridized carbons (Fsp3) is 0.781. The van der Waals surface area contributed by atoms with E-state index in [1.807, 2.05) is 6.07 Å². The average molecular weight is 586 g/mol. The fourth-order valence-corrected chi connectivity index (χ4v) is 6.51. The van der Waals surface area contributed by atoms with Crippen LogP contribution in [-0.2, 0) is 14.1 Å². The lowest BCUT2D eigenvalue weighted by molar-refractivity contribution is -0.151. The summed E-state index contributed by atoms with van der Waals surface area (Å²) in [5.41, 5.74) is 0. The minimum Gasteiger partial charge on any atom is -0.461 e. The molecule has 226 valence electrons. The quantitative estimate of drug-likeness (QED) is 0.0665. The lowest BCUT2D eigenvalue weighted by Crippen LogP contribution is -2.35. The third-order valence-corrected chi connectivity index (χ3v) is 8.85. The van der Waals surface area contributed by atoms with Crippen LogP contribution in [0.5, 0.6) is 5.75 Å². The molecule has 39 heavy (non-hydrogen) atoms. The van der Waals surface area contributed by atoms with Crippen molar-refractivity contribution >= 4 is 24.1 Å². The molecule has 1 aromatic carbocycles. The molecule has 2 atom stereocenters. The van der Waals surface area contributed by atoms with Crippen LogP contribution >= 0.6 is 18.1 Å². The summed E-state index contributed by atoms with van der Waals surface area (Å²) < 4.78 is 24.0. The molecular weight excluding hydrogens is 529 g/mol. The van der Waals surface area contributed by atoms with Crippen molar-refractivity contribution in [3.63, 3.8) is 0 Å². The molecule has 1 aromatic rings. The summed E-state index contributed by atoms with van der Waals surface area (Å²) in [7, 11) is 0. The van der Waals surface area contributed by atoms with Gasteiger partial charge in [-0.2, -0.15) is 0 Å². The normalized spacial score (nSPS) is 13.8. The molecule has 0 aliphatic rings. The molecule has 1 rings (SSSR count). The first-order valence-corrected chi connectivity index (χ1v) is 18.4. The zero-order chi connectivity index (χ0) is 28.6. The van der Waals surface area contributed by atoms with Gasteiger partial charge in [0.05, 0.1) is 0 Å². The van der Waals surface area contributed by atoms with Crippen molar-refractivity contribution in [1.82, 2.24) is 5.09 Å². The number of nitrogens with one attached hydrogen (secondary N) is 1. The molecule has 0 saturated carbocycles. The van der Waals surface area contributed by atoms with Crippen LogP contribution in [0.15, 0.2) is 30.3 Å². The lowest BCUT2D eigenvalue weighted by atomic mass is 10.0. The van der Waals surface area contributed by atoms with Gasteiger partial charge in [-0.1, -0.05) is 135 Å². The summed E-state index contributed by atoms with van der Waals surface area (Å²) >= 11 is 6.10. The number of benzene rings is 1. The van der Waals surface area contributed by atoms with Crippen molar-refractivity contribution in [3.8, 4) is 5.75 Å². The number of ether oxygens (including phenoxy) is 1. The second-order valence-electron chi connectivity index (χ2n) is 11.0. The van der Waals surface area contributed by atoms with E-state index < -0.39 is 18.9 Å².